The molecule has 0 aliphatic carbocycles. The van der Waals surface area contributed by atoms with Gasteiger partial charge in [0.05, 0.1) is 12.8 Å². The summed E-state index contributed by atoms with van der Waals surface area (Å²) in [5.74, 6) is 0.760. The van der Waals surface area contributed by atoms with Gasteiger partial charge in [-0.05, 0) is 22.0 Å². The van der Waals surface area contributed by atoms with E-state index in [0.29, 0.717) is 17.3 Å². The lowest BCUT2D eigenvalue weighted by atomic mass is 10.3. The van der Waals surface area contributed by atoms with Gasteiger partial charge in [0.25, 0.3) is 0 Å². The molecule has 0 radical (unpaired) electrons. The number of nitrogen functional groups attached to an aromatic ring is 1. The molecule has 0 saturated carbocycles. The molecular formula is C11H12N4O3. The van der Waals surface area contributed by atoms with Crippen molar-refractivity contribution in [2.45, 2.75) is 6.92 Å². The molecule has 94 valence electrons. The molecule has 1 aromatic carbocycles. The molecule has 0 unspecified atom stereocenters. The number of methoxy groups -OCH3 is 1. The topological polar surface area (TPSA) is 96.2 Å². The minimum absolute atomic E-state index is 0.00533. The van der Waals surface area contributed by atoms with E-state index in [1.807, 2.05) is 0 Å². The van der Waals surface area contributed by atoms with Crippen LogP contribution in [-0.4, -0.2) is 21.6 Å². The summed E-state index contributed by atoms with van der Waals surface area (Å²) in [6.07, 6.45) is 0. The fraction of sp³-hybridized carbons (Fsp3) is 0.182. The van der Waals surface area contributed by atoms with Gasteiger partial charge in [0, 0.05) is 13.0 Å². The Labute approximate surface area is 103 Å². The molecule has 2 aromatic rings. The molecule has 0 bridgehead atoms. The van der Waals surface area contributed by atoms with Crippen molar-refractivity contribution in [3.63, 3.8) is 0 Å². The molecule has 1 aromatic heterocycles. The van der Waals surface area contributed by atoms with Crippen molar-refractivity contribution in [1.29, 1.82) is 0 Å². The molecule has 7 heteroatoms. The number of aromatic nitrogens is 2. The van der Waals surface area contributed by atoms with Gasteiger partial charge in [-0.2, -0.15) is 0 Å². The van der Waals surface area contributed by atoms with Crippen molar-refractivity contribution >= 4 is 11.6 Å². The largest absolute Gasteiger partial charge is 0.497 e. The maximum atomic E-state index is 10.8. The highest BCUT2D eigenvalue weighted by atomic mass is 16.6. The first kappa shape index (κ1) is 11.9. The third kappa shape index (κ3) is 1.86. The van der Waals surface area contributed by atoms with E-state index in [2.05, 4.69) is 4.98 Å². The number of anilines is 1. The Kier molecular flexibility index (Phi) is 2.88. The first-order chi connectivity index (χ1) is 8.54. The van der Waals surface area contributed by atoms with E-state index in [0.717, 1.165) is 0 Å². The Morgan fingerprint density at radius 3 is 2.78 bits per heavy atom. The fourth-order valence-corrected chi connectivity index (χ4v) is 1.74. The Morgan fingerprint density at radius 2 is 2.22 bits per heavy atom. The van der Waals surface area contributed by atoms with Crippen LogP contribution in [0.25, 0.3) is 5.69 Å². The number of rotatable bonds is 3. The summed E-state index contributed by atoms with van der Waals surface area (Å²) < 4.78 is 6.62. The molecule has 0 fully saturated rings. The molecule has 0 aliphatic heterocycles. The van der Waals surface area contributed by atoms with Gasteiger partial charge in [0.1, 0.15) is 5.75 Å². The number of ether oxygens (including phenoxy) is 1. The second kappa shape index (κ2) is 4.36. The van der Waals surface area contributed by atoms with Crippen LogP contribution in [0.15, 0.2) is 24.3 Å². The van der Waals surface area contributed by atoms with Gasteiger partial charge < -0.3 is 20.6 Å². The van der Waals surface area contributed by atoms with E-state index in [4.69, 9.17) is 10.5 Å². The Morgan fingerprint density at radius 1 is 1.50 bits per heavy atom. The number of hydrogen-bond acceptors (Lipinski definition) is 5. The third-order valence-electron chi connectivity index (χ3n) is 2.55. The number of nitrogens with two attached hydrogens (primary N) is 1. The summed E-state index contributed by atoms with van der Waals surface area (Å²) in [5.41, 5.74) is 6.42. The van der Waals surface area contributed by atoms with Gasteiger partial charge in [-0.1, -0.05) is 6.07 Å². The zero-order valence-corrected chi connectivity index (χ0v) is 9.95. The smallest absolute Gasteiger partial charge is 0.406 e. The standard InChI is InChI=1S/C11H12N4O3/c1-7-13-11(15(16)17)10(12)14(7)8-4-3-5-9(6-8)18-2/h3-6H,12H2,1-2H3. The highest BCUT2D eigenvalue weighted by molar-refractivity contribution is 5.56. The molecule has 0 spiro atoms. The lowest BCUT2D eigenvalue weighted by Crippen LogP contribution is -2.03. The van der Waals surface area contributed by atoms with Crippen molar-refractivity contribution in [3.8, 4) is 11.4 Å². The normalized spacial score (nSPS) is 10.3. The van der Waals surface area contributed by atoms with Gasteiger partial charge in [-0.15, -0.1) is 0 Å². The molecule has 0 saturated heterocycles. The highest BCUT2D eigenvalue weighted by Crippen LogP contribution is 2.27. The van der Waals surface area contributed by atoms with Crippen molar-refractivity contribution in [3.05, 3.63) is 40.2 Å². The Bertz CT molecular complexity index is 606. The Balaban J connectivity index is 2.60. The van der Waals surface area contributed by atoms with Gasteiger partial charge in [0.2, 0.25) is 11.6 Å². The summed E-state index contributed by atoms with van der Waals surface area (Å²) in [6.45, 7) is 1.66. The molecule has 0 aliphatic rings. The lowest BCUT2D eigenvalue weighted by molar-refractivity contribution is -0.388. The summed E-state index contributed by atoms with van der Waals surface area (Å²) in [5, 5.41) is 10.8. The highest BCUT2D eigenvalue weighted by Gasteiger charge is 2.23. The van der Waals surface area contributed by atoms with Crippen LogP contribution < -0.4 is 10.5 Å². The molecular weight excluding hydrogens is 236 g/mol. The fourth-order valence-electron chi connectivity index (χ4n) is 1.74. The molecule has 2 rings (SSSR count). The number of hydrogen-bond donors (Lipinski definition) is 1. The zero-order valence-electron chi connectivity index (χ0n) is 9.95. The minimum Gasteiger partial charge on any atom is -0.497 e. The number of nitro groups is 1. The minimum atomic E-state index is -0.598. The van der Waals surface area contributed by atoms with E-state index >= 15 is 0 Å². The summed E-state index contributed by atoms with van der Waals surface area (Å²) in [6, 6.07) is 7.06. The second-order valence-electron chi connectivity index (χ2n) is 3.66. The first-order valence-electron chi connectivity index (χ1n) is 5.18. The van der Waals surface area contributed by atoms with Crippen LogP contribution in [0.3, 0.4) is 0 Å². The summed E-state index contributed by atoms with van der Waals surface area (Å²) >= 11 is 0. The van der Waals surface area contributed by atoms with Crippen molar-refractivity contribution in [2.75, 3.05) is 12.8 Å². The SMILES string of the molecule is COc1cccc(-n2c(C)nc([N+](=O)[O-])c2N)c1. The van der Waals surface area contributed by atoms with Crippen molar-refractivity contribution in [2.24, 2.45) is 0 Å². The van der Waals surface area contributed by atoms with Crippen molar-refractivity contribution in [1.82, 2.24) is 9.55 Å². The molecule has 0 amide bonds. The average Bonchev–Trinajstić information content (AvgIpc) is 2.65. The Hall–Kier alpha value is -2.57. The molecule has 1 heterocycles. The van der Waals surface area contributed by atoms with Crippen LogP contribution in [0, 0.1) is 17.0 Å². The van der Waals surface area contributed by atoms with E-state index in [1.54, 1.807) is 38.3 Å². The maximum Gasteiger partial charge on any atom is 0.406 e. The van der Waals surface area contributed by atoms with Crippen LogP contribution in [0.2, 0.25) is 0 Å². The predicted molar refractivity (Wildman–Crippen MR) is 65.9 cm³/mol. The van der Waals surface area contributed by atoms with E-state index in [-0.39, 0.29) is 11.6 Å². The van der Waals surface area contributed by atoms with E-state index < -0.39 is 4.92 Å². The van der Waals surface area contributed by atoms with E-state index in [1.165, 1.54) is 4.57 Å². The number of nitrogens with zero attached hydrogens (tertiary/aromatic N) is 3. The monoisotopic (exact) mass is 248 g/mol. The summed E-state index contributed by atoms with van der Waals surface area (Å²) in [7, 11) is 1.55. The first-order valence-corrected chi connectivity index (χ1v) is 5.18. The lowest BCUT2D eigenvalue weighted by Gasteiger charge is -2.06. The quantitative estimate of drug-likeness (QED) is 0.658. The third-order valence-corrected chi connectivity index (χ3v) is 2.55. The van der Waals surface area contributed by atoms with Gasteiger partial charge in [0.15, 0.2) is 0 Å². The van der Waals surface area contributed by atoms with E-state index in [9.17, 15) is 10.1 Å². The maximum absolute atomic E-state index is 10.8. The molecule has 2 N–H and O–H groups in total. The molecule has 0 atom stereocenters. The van der Waals surface area contributed by atoms with Crippen LogP contribution >= 0.6 is 0 Å². The number of aryl methyl sites for hydroxylation is 1. The van der Waals surface area contributed by atoms with Crippen LogP contribution in [0.1, 0.15) is 5.82 Å². The van der Waals surface area contributed by atoms with Crippen LogP contribution in [0.5, 0.6) is 5.75 Å². The van der Waals surface area contributed by atoms with Crippen LogP contribution in [0.4, 0.5) is 11.6 Å². The zero-order chi connectivity index (χ0) is 13.3. The van der Waals surface area contributed by atoms with Gasteiger partial charge >= 0.3 is 5.82 Å². The molecule has 7 nitrogen and oxygen atoms in total. The van der Waals surface area contributed by atoms with Crippen molar-refractivity contribution < 1.29 is 9.66 Å². The molecule has 18 heavy (non-hydrogen) atoms. The van der Waals surface area contributed by atoms with Crippen LogP contribution in [-0.2, 0) is 0 Å². The number of imidazole rings is 1. The predicted octanol–water partition coefficient (Wildman–Crippen LogP) is 1.68. The second-order valence-corrected chi connectivity index (χ2v) is 3.66. The van der Waals surface area contributed by atoms with Gasteiger partial charge in [-0.3, -0.25) is 4.57 Å². The average molecular weight is 248 g/mol. The number of benzene rings is 1. The summed E-state index contributed by atoms with van der Waals surface area (Å²) in [4.78, 5) is 14.0. The van der Waals surface area contributed by atoms with Gasteiger partial charge in [-0.25, -0.2) is 0 Å².